The molecule has 5 atom stereocenters. The summed E-state index contributed by atoms with van der Waals surface area (Å²) in [5.74, 6) is -2.73. The van der Waals surface area contributed by atoms with Gasteiger partial charge in [-0.2, -0.15) is 0 Å². The second kappa shape index (κ2) is 5.28. The highest BCUT2D eigenvalue weighted by Crippen LogP contribution is 2.42. The molecule has 0 amide bonds. The van der Waals surface area contributed by atoms with Gasteiger partial charge in [0.2, 0.25) is 0 Å². The largest absolute Gasteiger partial charge is 0.394 e. The van der Waals surface area contributed by atoms with Crippen LogP contribution < -0.4 is 0 Å². The van der Waals surface area contributed by atoms with Crippen LogP contribution in [0.25, 0.3) is 0 Å². The van der Waals surface area contributed by atoms with Crippen molar-refractivity contribution in [3.05, 3.63) is 11.8 Å². The number of hydrogen-bond donors (Lipinski definition) is 3. The molecule has 1 unspecified atom stereocenters. The lowest BCUT2D eigenvalue weighted by molar-refractivity contribution is -0.138. The second-order valence-corrected chi connectivity index (χ2v) is 5.67. The standard InChI is InChI=1S/C13H18F2N2O4/c14-13(15)2-1-9(13)17-4-7(3-16-6-17)12-11(20)10(19)8(5-18)21-12/h3-4,8-12,18-20H,1-2,5-6H2/t8-,9?,10-,11-,12+/m1/s1. The molecule has 0 aromatic heterocycles. The first kappa shape index (κ1) is 14.8. The summed E-state index contributed by atoms with van der Waals surface area (Å²) < 4.78 is 32.3. The van der Waals surface area contributed by atoms with E-state index in [1.165, 1.54) is 17.3 Å². The van der Waals surface area contributed by atoms with Crippen LogP contribution in [0.2, 0.25) is 0 Å². The molecular weight excluding hydrogens is 286 g/mol. The predicted molar refractivity (Wildman–Crippen MR) is 69.0 cm³/mol. The van der Waals surface area contributed by atoms with Crippen LogP contribution in [0.4, 0.5) is 8.78 Å². The van der Waals surface area contributed by atoms with Crippen molar-refractivity contribution >= 4 is 6.21 Å². The van der Waals surface area contributed by atoms with E-state index < -0.39 is 43.0 Å². The topological polar surface area (TPSA) is 85.5 Å². The molecular formula is C13H18F2N2O4. The van der Waals surface area contributed by atoms with Gasteiger partial charge in [0.05, 0.1) is 12.6 Å². The minimum Gasteiger partial charge on any atom is -0.394 e. The van der Waals surface area contributed by atoms with E-state index in [0.717, 1.165) is 0 Å². The fraction of sp³-hybridized carbons (Fsp3) is 0.769. The highest BCUT2D eigenvalue weighted by Gasteiger charge is 2.51. The summed E-state index contributed by atoms with van der Waals surface area (Å²) >= 11 is 0. The van der Waals surface area contributed by atoms with Gasteiger partial charge >= 0.3 is 0 Å². The molecule has 0 aromatic carbocycles. The Bertz CT molecular complexity index is 471. The molecule has 2 heterocycles. The number of nitrogens with zero attached hydrogens (tertiary/aromatic N) is 2. The normalized spacial score (nSPS) is 41.9. The number of hydrogen-bond acceptors (Lipinski definition) is 6. The summed E-state index contributed by atoms with van der Waals surface area (Å²) in [4.78, 5) is 5.47. The van der Waals surface area contributed by atoms with Crippen LogP contribution in [0.15, 0.2) is 16.8 Å². The van der Waals surface area contributed by atoms with E-state index >= 15 is 0 Å². The Morgan fingerprint density at radius 3 is 2.67 bits per heavy atom. The van der Waals surface area contributed by atoms with Crippen LogP contribution in [0, 0.1) is 0 Å². The molecule has 6 nitrogen and oxygen atoms in total. The predicted octanol–water partition coefficient (Wildman–Crippen LogP) is -0.507. The summed E-state index contributed by atoms with van der Waals surface area (Å²) in [7, 11) is 0. The molecule has 0 bridgehead atoms. The van der Waals surface area contributed by atoms with Crippen LogP contribution in [0.3, 0.4) is 0 Å². The monoisotopic (exact) mass is 304 g/mol. The molecule has 8 heteroatoms. The van der Waals surface area contributed by atoms with Crippen LogP contribution in [0.1, 0.15) is 12.8 Å². The minimum atomic E-state index is -2.73. The first-order valence-electron chi connectivity index (χ1n) is 6.91. The zero-order valence-corrected chi connectivity index (χ0v) is 11.3. The molecule has 2 fully saturated rings. The van der Waals surface area contributed by atoms with Crippen LogP contribution in [0.5, 0.6) is 0 Å². The average Bonchev–Trinajstić information content (AvgIpc) is 2.74. The number of halogens is 2. The van der Waals surface area contributed by atoms with Crippen molar-refractivity contribution in [2.75, 3.05) is 13.3 Å². The van der Waals surface area contributed by atoms with Gasteiger partial charge in [0, 0.05) is 24.4 Å². The quantitative estimate of drug-likeness (QED) is 0.654. The highest BCUT2D eigenvalue weighted by atomic mass is 19.3. The Labute approximate surface area is 120 Å². The van der Waals surface area contributed by atoms with Crippen molar-refractivity contribution in [2.24, 2.45) is 4.99 Å². The zero-order chi connectivity index (χ0) is 15.2. The van der Waals surface area contributed by atoms with Crippen LogP contribution in [-0.2, 0) is 4.74 Å². The summed E-state index contributed by atoms with van der Waals surface area (Å²) in [5, 5.41) is 28.8. The SMILES string of the molecule is OC[C@H]1O[C@@H](C2=CN(C3CCC3(F)F)CN=C2)[C@H](O)[C@@H]1O. The van der Waals surface area contributed by atoms with E-state index in [0.29, 0.717) is 12.0 Å². The van der Waals surface area contributed by atoms with Gasteiger partial charge in [-0.1, -0.05) is 0 Å². The van der Waals surface area contributed by atoms with E-state index in [9.17, 15) is 19.0 Å². The van der Waals surface area contributed by atoms with Gasteiger partial charge in [0.15, 0.2) is 0 Å². The van der Waals surface area contributed by atoms with E-state index in [4.69, 9.17) is 9.84 Å². The maximum Gasteiger partial charge on any atom is 0.268 e. The number of aliphatic hydroxyl groups is 3. The Morgan fingerprint density at radius 2 is 2.14 bits per heavy atom. The molecule has 1 aliphatic carbocycles. The van der Waals surface area contributed by atoms with Crippen molar-refractivity contribution < 1.29 is 28.8 Å². The number of alkyl halides is 2. The average molecular weight is 304 g/mol. The molecule has 1 saturated carbocycles. The van der Waals surface area contributed by atoms with Gasteiger partial charge in [-0.05, 0) is 6.42 Å². The molecule has 2 aliphatic heterocycles. The molecule has 0 aromatic rings. The number of aliphatic imine (C=N–C) groups is 1. The first-order chi connectivity index (χ1) is 9.94. The van der Waals surface area contributed by atoms with Crippen molar-refractivity contribution in [1.82, 2.24) is 4.90 Å². The summed E-state index contributed by atoms with van der Waals surface area (Å²) in [6, 6.07) is -0.887. The molecule has 1 saturated heterocycles. The Hall–Kier alpha value is -1.09. The van der Waals surface area contributed by atoms with Crippen molar-refractivity contribution in [2.45, 2.75) is 49.2 Å². The third-order valence-electron chi connectivity index (χ3n) is 4.31. The van der Waals surface area contributed by atoms with Gasteiger partial charge in [0.1, 0.15) is 31.1 Å². The number of ether oxygens (including phenoxy) is 1. The maximum absolute atomic E-state index is 13.5. The van der Waals surface area contributed by atoms with E-state index in [2.05, 4.69) is 4.99 Å². The van der Waals surface area contributed by atoms with Crippen molar-refractivity contribution in [3.8, 4) is 0 Å². The van der Waals surface area contributed by atoms with Gasteiger partial charge in [-0.15, -0.1) is 0 Å². The Morgan fingerprint density at radius 1 is 1.38 bits per heavy atom. The zero-order valence-electron chi connectivity index (χ0n) is 11.3. The molecule has 3 aliphatic rings. The first-order valence-corrected chi connectivity index (χ1v) is 6.91. The van der Waals surface area contributed by atoms with E-state index in [1.807, 2.05) is 0 Å². The summed E-state index contributed by atoms with van der Waals surface area (Å²) in [6.45, 7) is -0.290. The molecule has 0 spiro atoms. The number of rotatable bonds is 3. The Kier molecular flexibility index (Phi) is 3.73. The maximum atomic E-state index is 13.5. The lowest BCUT2D eigenvalue weighted by Gasteiger charge is -2.44. The van der Waals surface area contributed by atoms with E-state index in [-0.39, 0.29) is 13.1 Å². The van der Waals surface area contributed by atoms with Gasteiger partial charge < -0.3 is 25.0 Å². The second-order valence-electron chi connectivity index (χ2n) is 5.67. The van der Waals surface area contributed by atoms with Gasteiger partial charge in [-0.25, -0.2) is 8.78 Å². The molecule has 21 heavy (non-hydrogen) atoms. The Balaban J connectivity index is 1.76. The van der Waals surface area contributed by atoms with Crippen LogP contribution in [-0.4, -0.2) is 76.1 Å². The number of aliphatic hydroxyl groups excluding tert-OH is 3. The third-order valence-corrected chi connectivity index (χ3v) is 4.31. The van der Waals surface area contributed by atoms with Crippen molar-refractivity contribution in [1.29, 1.82) is 0 Å². The minimum absolute atomic E-state index is 0.130. The molecule has 3 N–H and O–H groups in total. The van der Waals surface area contributed by atoms with Crippen molar-refractivity contribution in [3.63, 3.8) is 0 Å². The lowest BCUT2D eigenvalue weighted by Crippen LogP contribution is -2.54. The lowest BCUT2D eigenvalue weighted by atomic mass is 9.86. The highest BCUT2D eigenvalue weighted by molar-refractivity contribution is 5.80. The molecule has 118 valence electrons. The summed E-state index contributed by atoms with van der Waals surface area (Å²) in [5.41, 5.74) is 0.423. The smallest absolute Gasteiger partial charge is 0.268 e. The fourth-order valence-electron chi connectivity index (χ4n) is 2.92. The molecule has 0 radical (unpaired) electrons. The van der Waals surface area contributed by atoms with Gasteiger partial charge in [0.25, 0.3) is 5.92 Å². The van der Waals surface area contributed by atoms with E-state index in [1.54, 1.807) is 0 Å². The third kappa shape index (κ3) is 2.46. The summed E-state index contributed by atoms with van der Waals surface area (Å²) in [6.07, 6.45) is -0.982. The van der Waals surface area contributed by atoms with Crippen LogP contribution >= 0.6 is 0 Å². The fourth-order valence-corrected chi connectivity index (χ4v) is 2.92. The molecule has 3 rings (SSSR count). The van der Waals surface area contributed by atoms with Gasteiger partial charge in [-0.3, -0.25) is 4.99 Å².